The predicted molar refractivity (Wildman–Crippen MR) is 61.6 cm³/mol. The zero-order chi connectivity index (χ0) is 10.7. The molecule has 76 valence electrons. The molecule has 2 N–H and O–H groups in total. The molecule has 1 nitrogen and oxygen atoms in total. The monoisotopic (exact) mass is 325 g/mol. The standard InChI is InChI=1S/C9H7Br2F2N/c10-8(11)4-5-1-2-6(9(12)13)3-7(5)14/h1-4,9H,14H2. The van der Waals surface area contributed by atoms with Crippen LogP contribution in [0, 0.1) is 0 Å². The SMILES string of the molecule is Nc1cc(C(F)F)ccc1C=C(Br)Br. The van der Waals surface area contributed by atoms with Gasteiger partial charge in [-0.05, 0) is 49.6 Å². The molecule has 0 saturated carbocycles. The molecule has 0 radical (unpaired) electrons. The molecule has 0 heterocycles. The van der Waals surface area contributed by atoms with Gasteiger partial charge >= 0.3 is 0 Å². The van der Waals surface area contributed by atoms with Crippen molar-refractivity contribution in [1.29, 1.82) is 0 Å². The number of anilines is 1. The van der Waals surface area contributed by atoms with E-state index in [2.05, 4.69) is 31.9 Å². The van der Waals surface area contributed by atoms with Crippen molar-refractivity contribution < 1.29 is 8.78 Å². The molecule has 0 amide bonds. The highest BCUT2D eigenvalue weighted by atomic mass is 79.9. The first-order valence-corrected chi connectivity index (χ1v) is 5.29. The number of nitrogen functional groups attached to an aromatic ring is 1. The third-order valence-corrected chi connectivity index (χ3v) is 2.09. The summed E-state index contributed by atoms with van der Waals surface area (Å²) in [5.41, 5.74) is 6.55. The zero-order valence-corrected chi connectivity index (χ0v) is 10.1. The van der Waals surface area contributed by atoms with E-state index in [1.807, 2.05) is 0 Å². The van der Waals surface area contributed by atoms with Gasteiger partial charge in [0.05, 0.1) is 3.39 Å². The van der Waals surface area contributed by atoms with Gasteiger partial charge in [-0.25, -0.2) is 8.78 Å². The number of alkyl halides is 2. The van der Waals surface area contributed by atoms with Crippen LogP contribution in [0.3, 0.4) is 0 Å². The maximum atomic E-state index is 12.3. The number of rotatable bonds is 2. The summed E-state index contributed by atoms with van der Waals surface area (Å²) in [7, 11) is 0. The van der Waals surface area contributed by atoms with E-state index in [1.54, 1.807) is 12.1 Å². The van der Waals surface area contributed by atoms with E-state index < -0.39 is 6.43 Å². The van der Waals surface area contributed by atoms with Gasteiger partial charge < -0.3 is 5.73 Å². The average Bonchev–Trinajstić information content (AvgIpc) is 2.07. The molecule has 0 aromatic heterocycles. The minimum Gasteiger partial charge on any atom is -0.398 e. The van der Waals surface area contributed by atoms with Crippen LogP contribution in [0.4, 0.5) is 14.5 Å². The Morgan fingerprint density at radius 3 is 2.43 bits per heavy atom. The molecule has 1 rings (SSSR count). The van der Waals surface area contributed by atoms with E-state index in [0.29, 0.717) is 14.6 Å². The lowest BCUT2D eigenvalue weighted by molar-refractivity contribution is 0.151. The van der Waals surface area contributed by atoms with Gasteiger partial charge in [-0.2, -0.15) is 0 Å². The second-order valence-electron chi connectivity index (χ2n) is 2.62. The van der Waals surface area contributed by atoms with Crippen LogP contribution >= 0.6 is 31.9 Å². The van der Waals surface area contributed by atoms with Gasteiger partial charge in [0.15, 0.2) is 0 Å². The summed E-state index contributed by atoms with van der Waals surface area (Å²) >= 11 is 6.33. The van der Waals surface area contributed by atoms with Gasteiger partial charge in [0, 0.05) is 11.3 Å². The molecule has 0 unspecified atom stereocenters. The first-order valence-electron chi connectivity index (χ1n) is 3.71. The van der Waals surface area contributed by atoms with Crippen LogP contribution in [0.25, 0.3) is 6.08 Å². The largest absolute Gasteiger partial charge is 0.398 e. The molecule has 0 saturated heterocycles. The third kappa shape index (κ3) is 3.06. The number of hydrogen-bond acceptors (Lipinski definition) is 1. The molecule has 0 fully saturated rings. The van der Waals surface area contributed by atoms with Crippen molar-refractivity contribution in [1.82, 2.24) is 0 Å². The van der Waals surface area contributed by atoms with Crippen LogP contribution in [0.2, 0.25) is 0 Å². The second-order valence-corrected chi connectivity index (χ2v) is 5.40. The smallest absolute Gasteiger partial charge is 0.263 e. The first kappa shape index (κ1) is 11.7. The average molecular weight is 327 g/mol. The highest BCUT2D eigenvalue weighted by Gasteiger charge is 2.08. The first-order chi connectivity index (χ1) is 6.50. The Balaban J connectivity index is 3.08. The van der Waals surface area contributed by atoms with E-state index in [-0.39, 0.29) is 5.56 Å². The van der Waals surface area contributed by atoms with Gasteiger partial charge in [-0.1, -0.05) is 12.1 Å². The van der Waals surface area contributed by atoms with Crippen LogP contribution in [-0.2, 0) is 0 Å². The fourth-order valence-electron chi connectivity index (χ4n) is 0.978. The van der Waals surface area contributed by atoms with Crippen molar-refractivity contribution in [3.05, 3.63) is 32.7 Å². The normalized spacial score (nSPS) is 10.4. The minimum atomic E-state index is -2.48. The van der Waals surface area contributed by atoms with Crippen LogP contribution < -0.4 is 5.73 Å². The fraction of sp³-hybridized carbons (Fsp3) is 0.111. The molecular formula is C9H7Br2F2N. The Hall–Kier alpha value is -0.420. The molecule has 1 aromatic rings. The fourth-order valence-corrected chi connectivity index (χ4v) is 1.47. The maximum absolute atomic E-state index is 12.3. The van der Waals surface area contributed by atoms with E-state index in [0.717, 1.165) is 0 Å². The van der Waals surface area contributed by atoms with E-state index in [4.69, 9.17) is 5.73 Å². The second kappa shape index (κ2) is 4.89. The molecule has 0 aliphatic carbocycles. The van der Waals surface area contributed by atoms with Gasteiger partial charge in [0.25, 0.3) is 6.43 Å². The van der Waals surface area contributed by atoms with Gasteiger partial charge in [0.1, 0.15) is 0 Å². The molecule has 14 heavy (non-hydrogen) atoms. The molecule has 1 aromatic carbocycles. The van der Waals surface area contributed by atoms with Gasteiger partial charge in [0.2, 0.25) is 0 Å². The molecule has 0 atom stereocenters. The Kier molecular flexibility index (Phi) is 4.07. The molecular weight excluding hydrogens is 320 g/mol. The zero-order valence-electron chi connectivity index (χ0n) is 6.98. The predicted octanol–water partition coefficient (Wildman–Crippen LogP) is 4.29. The quantitative estimate of drug-likeness (QED) is 0.806. The molecule has 0 spiro atoms. The topological polar surface area (TPSA) is 26.0 Å². The summed E-state index contributed by atoms with van der Waals surface area (Å²) in [6, 6.07) is 4.19. The Labute approximate surface area is 97.2 Å². The van der Waals surface area contributed by atoms with Crippen molar-refractivity contribution in [3.8, 4) is 0 Å². The molecule has 5 heteroatoms. The lowest BCUT2D eigenvalue weighted by atomic mass is 10.1. The Morgan fingerprint density at radius 1 is 1.36 bits per heavy atom. The minimum absolute atomic E-state index is 0.0645. The van der Waals surface area contributed by atoms with Crippen molar-refractivity contribution in [3.63, 3.8) is 0 Å². The summed E-state index contributed by atoms with van der Waals surface area (Å²) in [4.78, 5) is 0. The van der Waals surface area contributed by atoms with Crippen LogP contribution in [-0.4, -0.2) is 0 Å². The lowest BCUT2D eigenvalue weighted by Gasteiger charge is -2.04. The van der Waals surface area contributed by atoms with Crippen molar-refractivity contribution in [2.24, 2.45) is 0 Å². The van der Waals surface area contributed by atoms with Crippen LogP contribution in [0.15, 0.2) is 21.6 Å². The van der Waals surface area contributed by atoms with Crippen molar-refractivity contribution >= 4 is 43.6 Å². The van der Waals surface area contributed by atoms with E-state index >= 15 is 0 Å². The highest BCUT2D eigenvalue weighted by Crippen LogP contribution is 2.26. The summed E-state index contributed by atoms with van der Waals surface area (Å²) in [6.45, 7) is 0. The molecule has 0 bridgehead atoms. The van der Waals surface area contributed by atoms with Gasteiger partial charge in [-0.15, -0.1) is 0 Å². The summed E-state index contributed by atoms with van der Waals surface area (Å²) < 4.78 is 25.2. The van der Waals surface area contributed by atoms with Crippen molar-refractivity contribution in [2.75, 3.05) is 5.73 Å². The number of halogens is 4. The summed E-state index contributed by atoms with van der Waals surface area (Å²) in [5, 5.41) is 0. The lowest BCUT2D eigenvalue weighted by Crippen LogP contribution is -1.92. The summed E-state index contributed by atoms with van der Waals surface area (Å²) in [6.07, 6.45) is -0.785. The van der Waals surface area contributed by atoms with Gasteiger partial charge in [-0.3, -0.25) is 0 Å². The summed E-state index contributed by atoms with van der Waals surface area (Å²) in [5.74, 6) is 0. The van der Waals surface area contributed by atoms with Crippen molar-refractivity contribution in [2.45, 2.75) is 6.43 Å². The number of hydrogen-bond donors (Lipinski definition) is 1. The van der Waals surface area contributed by atoms with E-state index in [1.165, 1.54) is 12.1 Å². The Morgan fingerprint density at radius 2 is 2.00 bits per heavy atom. The highest BCUT2D eigenvalue weighted by molar-refractivity contribution is 9.28. The maximum Gasteiger partial charge on any atom is 0.263 e. The number of benzene rings is 1. The third-order valence-electron chi connectivity index (χ3n) is 1.63. The molecule has 0 aliphatic heterocycles. The van der Waals surface area contributed by atoms with E-state index in [9.17, 15) is 8.78 Å². The molecule has 0 aliphatic rings. The number of nitrogens with two attached hydrogens (primary N) is 1. The van der Waals surface area contributed by atoms with Crippen LogP contribution in [0.5, 0.6) is 0 Å². The van der Waals surface area contributed by atoms with Crippen LogP contribution in [0.1, 0.15) is 17.6 Å². The Bertz CT molecular complexity index is 360.